The molecule has 3 N–H and O–H groups in total. The molecule has 0 aliphatic carbocycles. The van der Waals surface area contributed by atoms with Gasteiger partial charge in [-0.25, -0.2) is 0 Å². The Morgan fingerprint density at radius 2 is 1.80 bits per heavy atom. The summed E-state index contributed by atoms with van der Waals surface area (Å²) in [7, 11) is 1.47. The summed E-state index contributed by atoms with van der Waals surface area (Å²) in [6.07, 6.45) is -3.04. The minimum Gasteiger partial charge on any atom is -0.387 e. The summed E-state index contributed by atoms with van der Waals surface area (Å²) in [6.45, 7) is 0.563. The van der Waals surface area contributed by atoms with Crippen molar-refractivity contribution in [1.29, 1.82) is 0 Å². The fourth-order valence-corrected chi connectivity index (χ4v) is 2.10. The Labute approximate surface area is 116 Å². The second kappa shape index (κ2) is 7.06. The van der Waals surface area contributed by atoms with Crippen LogP contribution in [0.3, 0.4) is 0 Å². The fourth-order valence-electron chi connectivity index (χ4n) is 2.10. The first-order valence-electron chi connectivity index (χ1n) is 6.38. The molecule has 6 heteroatoms. The van der Waals surface area contributed by atoms with Gasteiger partial charge in [0.15, 0.2) is 0 Å². The number of rotatable bonds is 7. The number of hydrogen-bond acceptors (Lipinski definition) is 3. The molecule has 20 heavy (non-hydrogen) atoms. The van der Waals surface area contributed by atoms with E-state index in [1.54, 1.807) is 0 Å². The van der Waals surface area contributed by atoms with Crippen molar-refractivity contribution in [1.82, 2.24) is 0 Å². The van der Waals surface area contributed by atoms with Gasteiger partial charge in [-0.1, -0.05) is 12.1 Å². The molecule has 0 aliphatic heterocycles. The number of methoxy groups -OCH3 is 1. The Bertz CT molecular complexity index is 406. The number of benzene rings is 1. The van der Waals surface area contributed by atoms with Gasteiger partial charge in [0.2, 0.25) is 0 Å². The van der Waals surface area contributed by atoms with E-state index in [9.17, 15) is 18.3 Å². The Balaban J connectivity index is 2.78. The average molecular weight is 291 g/mol. The van der Waals surface area contributed by atoms with Gasteiger partial charge in [0.1, 0.15) is 0 Å². The number of hydrogen-bond donors (Lipinski definition) is 2. The molecule has 0 bridgehead atoms. The van der Waals surface area contributed by atoms with Gasteiger partial charge in [-0.3, -0.25) is 0 Å². The molecule has 0 aromatic heterocycles. The third-order valence-electron chi connectivity index (χ3n) is 3.07. The van der Waals surface area contributed by atoms with Gasteiger partial charge in [-0.2, -0.15) is 13.2 Å². The lowest BCUT2D eigenvalue weighted by Gasteiger charge is -2.27. The second-order valence-electron chi connectivity index (χ2n) is 4.92. The fraction of sp³-hybridized carbons (Fsp3) is 0.571. The molecule has 0 radical (unpaired) electrons. The van der Waals surface area contributed by atoms with Crippen LogP contribution in [-0.2, 0) is 17.3 Å². The highest BCUT2D eigenvalue weighted by Crippen LogP contribution is 2.30. The van der Waals surface area contributed by atoms with E-state index < -0.39 is 17.3 Å². The zero-order valence-electron chi connectivity index (χ0n) is 11.4. The highest BCUT2D eigenvalue weighted by atomic mass is 19.4. The smallest absolute Gasteiger partial charge is 0.387 e. The number of alkyl halides is 3. The van der Waals surface area contributed by atoms with Crippen LogP contribution >= 0.6 is 0 Å². The largest absolute Gasteiger partial charge is 0.416 e. The highest BCUT2D eigenvalue weighted by Gasteiger charge is 2.31. The molecule has 1 aromatic carbocycles. The van der Waals surface area contributed by atoms with Gasteiger partial charge in [0, 0.05) is 13.5 Å². The Morgan fingerprint density at radius 3 is 2.25 bits per heavy atom. The lowest BCUT2D eigenvalue weighted by Crippen LogP contribution is -2.37. The van der Waals surface area contributed by atoms with E-state index >= 15 is 0 Å². The molecule has 114 valence electrons. The molecule has 1 rings (SSSR count). The number of aliphatic hydroxyl groups is 1. The van der Waals surface area contributed by atoms with Crippen LogP contribution in [0.5, 0.6) is 0 Å². The standard InChI is InChI=1S/C14H20F3NO2/c1-20-10-13(19,7-2-8-18)9-11-3-5-12(6-4-11)14(15,16)17/h3-6,19H,2,7-10,18H2,1H3. The van der Waals surface area contributed by atoms with Crippen molar-refractivity contribution in [3.8, 4) is 0 Å². The van der Waals surface area contributed by atoms with Crippen LogP contribution in [0, 0.1) is 0 Å². The first-order valence-corrected chi connectivity index (χ1v) is 6.38. The molecule has 0 heterocycles. The van der Waals surface area contributed by atoms with E-state index in [1.165, 1.54) is 19.2 Å². The molecule has 1 unspecified atom stereocenters. The molecule has 0 spiro atoms. The van der Waals surface area contributed by atoms with Crippen molar-refractivity contribution < 1.29 is 23.0 Å². The average Bonchev–Trinajstić information content (AvgIpc) is 2.36. The van der Waals surface area contributed by atoms with Gasteiger partial charge < -0.3 is 15.6 Å². The van der Waals surface area contributed by atoms with Crippen molar-refractivity contribution in [2.24, 2.45) is 5.73 Å². The predicted molar refractivity (Wildman–Crippen MR) is 70.3 cm³/mol. The van der Waals surface area contributed by atoms with Gasteiger partial charge in [0.05, 0.1) is 17.8 Å². The first kappa shape index (κ1) is 16.9. The molecule has 0 amide bonds. The summed E-state index contributed by atoms with van der Waals surface area (Å²) in [5.74, 6) is 0. The van der Waals surface area contributed by atoms with Crippen molar-refractivity contribution in [2.75, 3.05) is 20.3 Å². The van der Waals surface area contributed by atoms with E-state index in [4.69, 9.17) is 10.5 Å². The highest BCUT2D eigenvalue weighted by molar-refractivity contribution is 5.25. The van der Waals surface area contributed by atoms with Gasteiger partial charge in [-0.05, 0) is 37.1 Å². The van der Waals surface area contributed by atoms with Crippen LogP contribution < -0.4 is 5.73 Å². The maximum absolute atomic E-state index is 12.5. The Kier molecular flexibility index (Phi) is 5.98. The first-order chi connectivity index (χ1) is 9.30. The van der Waals surface area contributed by atoms with E-state index in [1.807, 2.05) is 0 Å². The molecule has 0 fully saturated rings. The second-order valence-corrected chi connectivity index (χ2v) is 4.92. The third-order valence-corrected chi connectivity index (χ3v) is 3.07. The van der Waals surface area contributed by atoms with E-state index in [0.717, 1.165) is 12.1 Å². The topological polar surface area (TPSA) is 55.5 Å². The molecule has 0 aliphatic rings. The summed E-state index contributed by atoms with van der Waals surface area (Å²) in [6, 6.07) is 4.80. The molecule has 1 aromatic rings. The molecule has 1 atom stereocenters. The van der Waals surface area contributed by atoms with E-state index in [2.05, 4.69) is 0 Å². The summed E-state index contributed by atoms with van der Waals surface area (Å²) in [5.41, 5.74) is 4.25. The van der Waals surface area contributed by atoms with Crippen molar-refractivity contribution in [2.45, 2.75) is 31.0 Å². The van der Waals surface area contributed by atoms with Crippen LogP contribution in [0.1, 0.15) is 24.0 Å². The molecule has 0 saturated carbocycles. The van der Waals surface area contributed by atoms with Crippen molar-refractivity contribution in [3.63, 3.8) is 0 Å². The molecule has 0 saturated heterocycles. The summed E-state index contributed by atoms with van der Waals surface area (Å²) in [4.78, 5) is 0. The zero-order valence-corrected chi connectivity index (χ0v) is 11.4. The summed E-state index contributed by atoms with van der Waals surface area (Å²) in [5, 5.41) is 10.4. The van der Waals surface area contributed by atoms with Gasteiger partial charge >= 0.3 is 6.18 Å². The van der Waals surface area contributed by atoms with Crippen LogP contribution in [0.4, 0.5) is 13.2 Å². The maximum atomic E-state index is 12.5. The van der Waals surface area contributed by atoms with Gasteiger partial charge in [-0.15, -0.1) is 0 Å². The van der Waals surface area contributed by atoms with Crippen LogP contribution in [0.15, 0.2) is 24.3 Å². The zero-order chi connectivity index (χ0) is 15.2. The molecule has 3 nitrogen and oxygen atoms in total. The number of ether oxygens (including phenoxy) is 1. The lowest BCUT2D eigenvalue weighted by atomic mass is 9.90. The number of halogens is 3. The number of nitrogens with two attached hydrogens (primary N) is 1. The van der Waals surface area contributed by atoms with Crippen LogP contribution in [0.25, 0.3) is 0 Å². The van der Waals surface area contributed by atoms with E-state index in [0.29, 0.717) is 24.9 Å². The van der Waals surface area contributed by atoms with Gasteiger partial charge in [0.25, 0.3) is 0 Å². The Hall–Kier alpha value is -1.11. The molecular weight excluding hydrogens is 271 g/mol. The SMILES string of the molecule is COCC(O)(CCCN)Cc1ccc(C(F)(F)F)cc1. The normalized spacial score (nSPS) is 15.1. The summed E-state index contributed by atoms with van der Waals surface area (Å²) >= 11 is 0. The van der Waals surface area contributed by atoms with E-state index in [-0.39, 0.29) is 13.0 Å². The Morgan fingerprint density at radius 1 is 1.20 bits per heavy atom. The van der Waals surface area contributed by atoms with Crippen molar-refractivity contribution in [3.05, 3.63) is 35.4 Å². The quantitative estimate of drug-likeness (QED) is 0.811. The monoisotopic (exact) mass is 291 g/mol. The molecular formula is C14H20F3NO2. The predicted octanol–water partition coefficient (Wildman–Crippen LogP) is 2.36. The van der Waals surface area contributed by atoms with Crippen LogP contribution in [-0.4, -0.2) is 31.0 Å². The lowest BCUT2D eigenvalue weighted by molar-refractivity contribution is -0.137. The third kappa shape index (κ3) is 5.11. The maximum Gasteiger partial charge on any atom is 0.416 e. The minimum absolute atomic E-state index is 0.119. The minimum atomic E-state index is -4.35. The van der Waals surface area contributed by atoms with Crippen LogP contribution in [0.2, 0.25) is 0 Å². The van der Waals surface area contributed by atoms with Crippen molar-refractivity contribution >= 4 is 0 Å². The summed E-state index contributed by atoms with van der Waals surface area (Å²) < 4.78 is 42.4.